The molecule has 1 atom stereocenters. The first-order valence-electron chi connectivity index (χ1n) is 11.3. The van der Waals surface area contributed by atoms with Crippen LogP contribution in [0.1, 0.15) is 52.2 Å². The lowest BCUT2D eigenvalue weighted by Gasteiger charge is -2.25. The summed E-state index contributed by atoms with van der Waals surface area (Å²) < 4.78 is 12.7. The topological polar surface area (TPSA) is 59.8 Å². The second kappa shape index (κ2) is 9.11. The molecule has 0 saturated heterocycles. The summed E-state index contributed by atoms with van der Waals surface area (Å²) in [5, 5.41) is 0.446. The van der Waals surface area contributed by atoms with Crippen LogP contribution >= 0.6 is 15.9 Å². The van der Waals surface area contributed by atoms with Crippen LogP contribution < -0.4 is 10.2 Å². The maximum Gasteiger partial charge on any atom is 0.291 e. The van der Waals surface area contributed by atoms with Gasteiger partial charge in [-0.2, -0.15) is 0 Å². The average molecular weight is 518 g/mol. The number of halogens is 1. The highest BCUT2D eigenvalue weighted by molar-refractivity contribution is 9.10. The summed E-state index contributed by atoms with van der Waals surface area (Å²) in [6.07, 6.45) is 0.888. The molecule has 6 heteroatoms. The smallest absolute Gasteiger partial charge is 0.291 e. The van der Waals surface area contributed by atoms with Gasteiger partial charge in [-0.05, 0) is 54.8 Å². The molecular formula is C28H24BrNO4. The van der Waals surface area contributed by atoms with Gasteiger partial charge in [0.25, 0.3) is 5.91 Å². The van der Waals surface area contributed by atoms with Crippen LogP contribution in [0.25, 0.3) is 11.0 Å². The molecule has 0 spiro atoms. The normalized spacial score (nSPS) is 15.1. The fraction of sp³-hybridized carbons (Fsp3) is 0.214. The van der Waals surface area contributed by atoms with Crippen LogP contribution in [0.4, 0.5) is 0 Å². The van der Waals surface area contributed by atoms with Crippen LogP contribution in [-0.4, -0.2) is 17.4 Å². The molecule has 4 aromatic rings. The lowest BCUT2D eigenvalue weighted by molar-refractivity contribution is 0.0714. The number of hydrogen-bond donors (Lipinski definition) is 0. The Hall–Kier alpha value is -3.38. The van der Waals surface area contributed by atoms with E-state index in [1.54, 1.807) is 23.1 Å². The van der Waals surface area contributed by atoms with E-state index in [1.165, 1.54) is 0 Å². The molecule has 2 heterocycles. The SMILES string of the molecule is CCCOc1cccc(C2c3c(oc4ccc(Br)cc4c3=O)C(=O)N2Cc2ccc(C)cc2)c1. The minimum Gasteiger partial charge on any atom is -0.494 e. The number of aryl methyl sites for hydroxylation is 1. The minimum atomic E-state index is -0.575. The van der Waals surface area contributed by atoms with Gasteiger partial charge < -0.3 is 14.1 Å². The molecule has 5 rings (SSSR count). The predicted octanol–water partition coefficient (Wildman–Crippen LogP) is 6.40. The van der Waals surface area contributed by atoms with Crippen LogP contribution in [0.3, 0.4) is 0 Å². The summed E-state index contributed by atoms with van der Waals surface area (Å²) in [6, 6.07) is 20.4. The third-order valence-electron chi connectivity index (χ3n) is 6.05. The van der Waals surface area contributed by atoms with Gasteiger partial charge >= 0.3 is 0 Å². The van der Waals surface area contributed by atoms with E-state index in [0.29, 0.717) is 35.4 Å². The highest BCUT2D eigenvalue weighted by Crippen LogP contribution is 2.40. The molecule has 1 amide bonds. The maximum absolute atomic E-state index is 13.7. The molecule has 0 N–H and O–H groups in total. The van der Waals surface area contributed by atoms with Crippen LogP contribution in [0.15, 0.2) is 80.4 Å². The zero-order valence-electron chi connectivity index (χ0n) is 19.0. The van der Waals surface area contributed by atoms with Gasteiger partial charge in [0.2, 0.25) is 5.76 Å². The van der Waals surface area contributed by atoms with Crippen molar-refractivity contribution in [2.45, 2.75) is 32.9 Å². The van der Waals surface area contributed by atoms with E-state index in [0.717, 1.165) is 27.6 Å². The molecule has 34 heavy (non-hydrogen) atoms. The van der Waals surface area contributed by atoms with Crippen molar-refractivity contribution in [3.05, 3.63) is 109 Å². The first kappa shape index (κ1) is 22.4. The predicted molar refractivity (Wildman–Crippen MR) is 135 cm³/mol. The summed E-state index contributed by atoms with van der Waals surface area (Å²) >= 11 is 3.44. The number of benzene rings is 3. The number of rotatable bonds is 6. The van der Waals surface area contributed by atoms with Crippen molar-refractivity contribution < 1.29 is 13.9 Å². The fourth-order valence-corrected chi connectivity index (χ4v) is 4.75. The van der Waals surface area contributed by atoms with E-state index < -0.39 is 6.04 Å². The number of hydrogen-bond acceptors (Lipinski definition) is 4. The lowest BCUT2D eigenvalue weighted by Crippen LogP contribution is -2.29. The molecule has 0 saturated carbocycles. The Morgan fingerprint density at radius 3 is 2.59 bits per heavy atom. The third-order valence-corrected chi connectivity index (χ3v) is 6.54. The third kappa shape index (κ3) is 4.03. The van der Waals surface area contributed by atoms with Crippen molar-refractivity contribution in [2.75, 3.05) is 6.61 Å². The molecular weight excluding hydrogens is 494 g/mol. The fourth-order valence-electron chi connectivity index (χ4n) is 4.39. The Kier molecular flexibility index (Phi) is 6.00. The van der Waals surface area contributed by atoms with Gasteiger partial charge in [-0.25, -0.2) is 0 Å². The van der Waals surface area contributed by atoms with Crippen molar-refractivity contribution in [1.82, 2.24) is 4.90 Å². The van der Waals surface area contributed by atoms with E-state index in [4.69, 9.17) is 9.15 Å². The van der Waals surface area contributed by atoms with Crippen molar-refractivity contribution in [1.29, 1.82) is 0 Å². The number of ether oxygens (including phenoxy) is 1. The maximum atomic E-state index is 13.7. The summed E-state index contributed by atoms with van der Waals surface area (Å²) in [5.41, 5.74) is 3.52. The first-order chi connectivity index (χ1) is 16.5. The van der Waals surface area contributed by atoms with Crippen LogP contribution in [0, 0.1) is 6.92 Å². The van der Waals surface area contributed by atoms with Crippen LogP contribution in [0.2, 0.25) is 0 Å². The second-order valence-electron chi connectivity index (χ2n) is 8.56. The summed E-state index contributed by atoms with van der Waals surface area (Å²) in [7, 11) is 0. The largest absolute Gasteiger partial charge is 0.494 e. The van der Waals surface area contributed by atoms with Crippen LogP contribution in [0.5, 0.6) is 5.75 Å². The van der Waals surface area contributed by atoms with Gasteiger partial charge in [-0.15, -0.1) is 0 Å². The van der Waals surface area contributed by atoms with E-state index >= 15 is 0 Å². The first-order valence-corrected chi connectivity index (χ1v) is 12.1. The number of nitrogens with zero attached hydrogens (tertiary/aromatic N) is 1. The zero-order chi connectivity index (χ0) is 23.8. The lowest BCUT2D eigenvalue weighted by atomic mass is 9.98. The molecule has 0 fully saturated rings. The molecule has 1 aromatic heterocycles. The van der Waals surface area contributed by atoms with Crippen molar-refractivity contribution in [3.63, 3.8) is 0 Å². The van der Waals surface area contributed by atoms with Crippen LogP contribution in [-0.2, 0) is 6.54 Å². The van der Waals surface area contributed by atoms with Gasteiger partial charge in [0.15, 0.2) is 5.43 Å². The Morgan fingerprint density at radius 2 is 1.82 bits per heavy atom. The molecule has 0 radical (unpaired) electrons. The quantitative estimate of drug-likeness (QED) is 0.297. The molecule has 3 aromatic carbocycles. The van der Waals surface area contributed by atoms with Gasteiger partial charge in [0, 0.05) is 11.0 Å². The number of fused-ring (bicyclic) bond motifs is 2. The van der Waals surface area contributed by atoms with Crippen molar-refractivity contribution in [3.8, 4) is 5.75 Å². The standard InChI is InChI=1S/C28H24BrNO4/c1-3-13-33-21-6-4-5-19(14-21)25-24-26(31)22-15-20(29)11-12-23(22)34-27(24)28(32)30(25)16-18-9-7-17(2)8-10-18/h4-12,14-15,25H,3,13,16H2,1-2H3. The van der Waals surface area contributed by atoms with Gasteiger partial charge in [0.05, 0.1) is 23.6 Å². The highest BCUT2D eigenvalue weighted by atomic mass is 79.9. The Bertz CT molecular complexity index is 1440. The highest BCUT2D eigenvalue weighted by Gasteiger charge is 2.42. The molecule has 172 valence electrons. The second-order valence-corrected chi connectivity index (χ2v) is 9.47. The molecule has 1 aliphatic rings. The zero-order valence-corrected chi connectivity index (χ0v) is 20.6. The van der Waals surface area contributed by atoms with E-state index in [9.17, 15) is 9.59 Å². The summed E-state index contributed by atoms with van der Waals surface area (Å²) in [5.74, 6) is 0.530. The van der Waals surface area contributed by atoms with Crippen molar-refractivity contribution >= 4 is 32.8 Å². The molecule has 5 nitrogen and oxygen atoms in total. The Morgan fingerprint density at radius 1 is 1.03 bits per heavy atom. The molecule has 1 unspecified atom stereocenters. The number of carbonyl (C=O) groups is 1. The number of amides is 1. The molecule has 1 aliphatic heterocycles. The minimum absolute atomic E-state index is 0.108. The number of carbonyl (C=O) groups excluding carboxylic acids is 1. The van der Waals surface area contributed by atoms with Gasteiger partial charge in [-0.3, -0.25) is 9.59 Å². The van der Waals surface area contributed by atoms with E-state index in [1.807, 2.05) is 62.4 Å². The average Bonchev–Trinajstić information content (AvgIpc) is 3.11. The van der Waals surface area contributed by atoms with E-state index in [2.05, 4.69) is 15.9 Å². The van der Waals surface area contributed by atoms with Gasteiger partial charge in [-0.1, -0.05) is 64.8 Å². The summed E-state index contributed by atoms with van der Waals surface area (Å²) in [6.45, 7) is 5.02. The molecule has 0 aliphatic carbocycles. The Labute approximate surface area is 206 Å². The Balaban J connectivity index is 1.68. The van der Waals surface area contributed by atoms with Gasteiger partial charge in [0.1, 0.15) is 11.3 Å². The monoisotopic (exact) mass is 517 g/mol. The molecule has 0 bridgehead atoms. The van der Waals surface area contributed by atoms with Crippen molar-refractivity contribution in [2.24, 2.45) is 0 Å². The van der Waals surface area contributed by atoms with E-state index in [-0.39, 0.29) is 17.1 Å². The summed E-state index contributed by atoms with van der Waals surface area (Å²) in [4.78, 5) is 29.1.